The molecule has 0 atom stereocenters. The highest BCUT2D eigenvalue weighted by atomic mass is 16.2. The van der Waals surface area contributed by atoms with Crippen LogP contribution in [0.2, 0.25) is 0 Å². The van der Waals surface area contributed by atoms with Crippen LogP contribution in [0.15, 0.2) is 48.8 Å². The number of nitrogens with one attached hydrogen (secondary N) is 1. The van der Waals surface area contributed by atoms with Crippen molar-refractivity contribution in [2.75, 3.05) is 11.9 Å². The van der Waals surface area contributed by atoms with Crippen molar-refractivity contribution in [3.8, 4) is 0 Å². The number of pyridine rings is 1. The molecule has 0 saturated carbocycles. The molecule has 1 aromatic carbocycles. The molecular weight excluding hydrogens is 318 g/mol. The largest absolute Gasteiger partial charge is 0.338 e. The molecule has 2 aromatic rings. The third kappa shape index (κ3) is 5.84. The second-order valence-corrected chi connectivity index (χ2v) is 5.73. The molecule has 25 heavy (non-hydrogen) atoms. The summed E-state index contributed by atoms with van der Waals surface area (Å²) in [6, 6.07) is 10.4. The highest BCUT2D eigenvalue weighted by molar-refractivity contribution is 5.95. The van der Waals surface area contributed by atoms with Gasteiger partial charge in [0, 0.05) is 50.1 Å². The van der Waals surface area contributed by atoms with Crippen LogP contribution >= 0.6 is 0 Å². The second kappa shape index (κ2) is 8.73. The van der Waals surface area contributed by atoms with Crippen molar-refractivity contribution in [2.45, 2.75) is 26.8 Å². The van der Waals surface area contributed by atoms with Gasteiger partial charge in [-0.05, 0) is 42.8 Å². The Kier molecular flexibility index (Phi) is 6.39. The SMILES string of the molecule is CC(=O)c1ccc(NC(=O)CCN(Cc2cccnc2)C(C)=O)cc1. The molecule has 0 radical (unpaired) electrons. The summed E-state index contributed by atoms with van der Waals surface area (Å²) in [5.41, 5.74) is 2.13. The van der Waals surface area contributed by atoms with Gasteiger partial charge in [0.2, 0.25) is 11.8 Å². The molecule has 2 rings (SSSR count). The molecule has 0 aliphatic carbocycles. The molecule has 1 N–H and O–H groups in total. The van der Waals surface area contributed by atoms with Gasteiger partial charge < -0.3 is 10.2 Å². The number of aromatic nitrogens is 1. The zero-order valence-corrected chi connectivity index (χ0v) is 14.4. The normalized spacial score (nSPS) is 10.2. The zero-order chi connectivity index (χ0) is 18.2. The first-order valence-corrected chi connectivity index (χ1v) is 8.01. The number of carbonyl (C=O) groups excluding carboxylic acids is 3. The van der Waals surface area contributed by atoms with Crippen LogP contribution in [0.5, 0.6) is 0 Å². The molecule has 2 amide bonds. The van der Waals surface area contributed by atoms with Crippen molar-refractivity contribution < 1.29 is 14.4 Å². The van der Waals surface area contributed by atoms with Crippen molar-refractivity contribution >= 4 is 23.3 Å². The third-order valence-corrected chi connectivity index (χ3v) is 3.73. The monoisotopic (exact) mass is 339 g/mol. The van der Waals surface area contributed by atoms with E-state index in [1.807, 2.05) is 12.1 Å². The highest BCUT2D eigenvalue weighted by Crippen LogP contribution is 2.11. The fourth-order valence-corrected chi connectivity index (χ4v) is 2.31. The summed E-state index contributed by atoms with van der Waals surface area (Å²) in [7, 11) is 0. The van der Waals surface area contributed by atoms with Gasteiger partial charge in [0.25, 0.3) is 0 Å². The number of hydrogen-bond donors (Lipinski definition) is 1. The van der Waals surface area contributed by atoms with Gasteiger partial charge in [-0.15, -0.1) is 0 Å². The van der Waals surface area contributed by atoms with Gasteiger partial charge in [-0.2, -0.15) is 0 Å². The number of rotatable bonds is 7. The van der Waals surface area contributed by atoms with Crippen LogP contribution in [0.1, 0.15) is 36.2 Å². The van der Waals surface area contributed by atoms with Gasteiger partial charge in [0.15, 0.2) is 5.78 Å². The molecule has 0 aliphatic heterocycles. The maximum absolute atomic E-state index is 12.1. The van der Waals surface area contributed by atoms with Crippen molar-refractivity contribution in [1.82, 2.24) is 9.88 Å². The minimum atomic E-state index is -0.187. The molecular formula is C19H21N3O3. The predicted molar refractivity (Wildman–Crippen MR) is 95.0 cm³/mol. The molecule has 6 nitrogen and oxygen atoms in total. The minimum Gasteiger partial charge on any atom is -0.338 e. The van der Waals surface area contributed by atoms with E-state index in [1.165, 1.54) is 13.8 Å². The Hall–Kier alpha value is -3.02. The average Bonchev–Trinajstić information content (AvgIpc) is 2.59. The van der Waals surface area contributed by atoms with Gasteiger partial charge >= 0.3 is 0 Å². The smallest absolute Gasteiger partial charge is 0.226 e. The van der Waals surface area contributed by atoms with Gasteiger partial charge in [0.05, 0.1) is 0 Å². The fraction of sp³-hybridized carbons (Fsp3) is 0.263. The lowest BCUT2D eigenvalue weighted by molar-refractivity contribution is -0.129. The molecule has 1 heterocycles. The molecule has 0 fully saturated rings. The van der Waals surface area contributed by atoms with E-state index in [-0.39, 0.29) is 24.0 Å². The topological polar surface area (TPSA) is 79.4 Å². The van der Waals surface area contributed by atoms with E-state index >= 15 is 0 Å². The maximum Gasteiger partial charge on any atom is 0.226 e. The average molecular weight is 339 g/mol. The molecule has 0 unspecified atom stereocenters. The van der Waals surface area contributed by atoms with Crippen LogP contribution in [0, 0.1) is 0 Å². The lowest BCUT2D eigenvalue weighted by Gasteiger charge is -2.20. The molecule has 0 saturated heterocycles. The van der Waals surface area contributed by atoms with Crippen LogP contribution in [0.3, 0.4) is 0 Å². The Balaban J connectivity index is 1.88. The van der Waals surface area contributed by atoms with Crippen molar-refractivity contribution in [3.63, 3.8) is 0 Å². The molecule has 0 aliphatic rings. The van der Waals surface area contributed by atoms with Crippen LogP contribution < -0.4 is 5.32 Å². The van der Waals surface area contributed by atoms with Crippen molar-refractivity contribution in [3.05, 3.63) is 59.9 Å². The van der Waals surface area contributed by atoms with Crippen LogP contribution in [0.4, 0.5) is 5.69 Å². The third-order valence-electron chi connectivity index (χ3n) is 3.73. The highest BCUT2D eigenvalue weighted by Gasteiger charge is 2.12. The minimum absolute atomic E-state index is 0.0228. The second-order valence-electron chi connectivity index (χ2n) is 5.73. The Morgan fingerprint density at radius 3 is 2.36 bits per heavy atom. The fourth-order valence-electron chi connectivity index (χ4n) is 2.31. The molecule has 0 spiro atoms. The summed E-state index contributed by atoms with van der Waals surface area (Å²) in [4.78, 5) is 40.7. The molecule has 130 valence electrons. The predicted octanol–water partition coefficient (Wildman–Crippen LogP) is 2.66. The summed E-state index contributed by atoms with van der Waals surface area (Å²) in [5.74, 6) is -0.305. The van der Waals surface area contributed by atoms with E-state index in [0.29, 0.717) is 24.3 Å². The van der Waals surface area contributed by atoms with Gasteiger partial charge in [-0.3, -0.25) is 19.4 Å². The Labute approximate surface area is 146 Å². The van der Waals surface area contributed by atoms with Crippen LogP contribution in [-0.2, 0) is 16.1 Å². The van der Waals surface area contributed by atoms with E-state index in [0.717, 1.165) is 5.56 Å². The molecule has 1 aromatic heterocycles. The summed E-state index contributed by atoms with van der Waals surface area (Å²) in [5, 5.41) is 2.77. The first kappa shape index (κ1) is 18.3. The molecule has 6 heteroatoms. The summed E-state index contributed by atoms with van der Waals surface area (Å²) < 4.78 is 0. The number of benzene rings is 1. The number of ketones is 1. The number of hydrogen-bond acceptors (Lipinski definition) is 4. The molecule has 0 bridgehead atoms. The van der Waals surface area contributed by atoms with Crippen molar-refractivity contribution in [2.24, 2.45) is 0 Å². The summed E-state index contributed by atoms with van der Waals surface area (Å²) >= 11 is 0. The number of Topliss-reactive ketones (excluding diaryl/α,β-unsaturated/α-hetero) is 1. The standard InChI is InChI=1S/C19H21N3O3/c1-14(23)17-5-7-18(8-6-17)21-19(25)9-11-22(15(2)24)13-16-4-3-10-20-12-16/h3-8,10,12H,9,11,13H2,1-2H3,(H,21,25). The Morgan fingerprint density at radius 2 is 1.80 bits per heavy atom. The number of anilines is 1. The number of carbonyl (C=O) groups is 3. The van der Waals surface area contributed by atoms with E-state index < -0.39 is 0 Å². The van der Waals surface area contributed by atoms with Gasteiger partial charge in [0.1, 0.15) is 0 Å². The lowest BCUT2D eigenvalue weighted by atomic mass is 10.1. The van der Waals surface area contributed by atoms with E-state index in [1.54, 1.807) is 41.6 Å². The first-order chi connectivity index (χ1) is 12.0. The summed E-state index contributed by atoms with van der Waals surface area (Å²) in [6.45, 7) is 3.71. The summed E-state index contributed by atoms with van der Waals surface area (Å²) in [6.07, 6.45) is 3.56. The van der Waals surface area contributed by atoms with E-state index in [2.05, 4.69) is 10.3 Å². The zero-order valence-electron chi connectivity index (χ0n) is 14.4. The van der Waals surface area contributed by atoms with Gasteiger partial charge in [-0.1, -0.05) is 6.07 Å². The van der Waals surface area contributed by atoms with Crippen LogP contribution in [-0.4, -0.2) is 34.0 Å². The number of amides is 2. The van der Waals surface area contributed by atoms with E-state index in [4.69, 9.17) is 0 Å². The first-order valence-electron chi connectivity index (χ1n) is 8.01. The van der Waals surface area contributed by atoms with Crippen molar-refractivity contribution in [1.29, 1.82) is 0 Å². The Morgan fingerprint density at radius 1 is 1.08 bits per heavy atom. The van der Waals surface area contributed by atoms with Crippen LogP contribution in [0.25, 0.3) is 0 Å². The number of nitrogens with zero attached hydrogens (tertiary/aromatic N) is 2. The lowest BCUT2D eigenvalue weighted by Crippen LogP contribution is -2.31. The van der Waals surface area contributed by atoms with Gasteiger partial charge in [-0.25, -0.2) is 0 Å². The van der Waals surface area contributed by atoms with E-state index in [9.17, 15) is 14.4 Å². The maximum atomic E-state index is 12.1. The quantitative estimate of drug-likeness (QED) is 0.787. The Bertz CT molecular complexity index is 742.